The molecule has 90 valence electrons. The lowest BCUT2D eigenvalue weighted by molar-refractivity contribution is 0.0340. The van der Waals surface area contributed by atoms with Gasteiger partial charge in [-0.3, -0.25) is 10.6 Å². The highest BCUT2D eigenvalue weighted by Gasteiger charge is 2.25. The molecule has 0 radical (unpaired) electrons. The molecule has 0 aromatic heterocycles. The lowest BCUT2D eigenvalue weighted by atomic mass is 10.2. The predicted octanol–water partition coefficient (Wildman–Crippen LogP) is -1.20. The molecule has 1 fully saturated rings. The van der Waals surface area contributed by atoms with Crippen LogP contribution in [-0.2, 0) is 4.74 Å². The number of rotatable bonds is 3. The first-order valence-electron chi connectivity index (χ1n) is 5.56. The minimum Gasteiger partial charge on any atom is -0.384 e. The summed E-state index contributed by atoms with van der Waals surface area (Å²) in [6.45, 7) is 4.43. The van der Waals surface area contributed by atoms with Crippen LogP contribution in [0, 0.1) is 0 Å². The zero-order valence-electron chi connectivity index (χ0n) is 9.35. The fraction of sp³-hybridized carbons (Fsp3) is 0.700. The van der Waals surface area contributed by atoms with Gasteiger partial charge in [0, 0.05) is 32.3 Å². The summed E-state index contributed by atoms with van der Waals surface area (Å²) in [5.74, 6) is -0.278. The molecule has 6 heteroatoms. The fourth-order valence-corrected chi connectivity index (χ4v) is 1.85. The summed E-state index contributed by atoms with van der Waals surface area (Å²) in [6.07, 6.45) is 4.19. The van der Waals surface area contributed by atoms with E-state index in [1.54, 1.807) is 12.3 Å². The maximum Gasteiger partial charge on any atom is 0.185 e. The Kier molecular flexibility index (Phi) is 3.42. The Labute approximate surface area is 95.3 Å². The van der Waals surface area contributed by atoms with Crippen molar-refractivity contribution < 1.29 is 4.74 Å². The standard InChI is InChI=1S/C10H19N5O/c11-9-1-3-13-10(12,14-9)2-4-15-5-7-16-8-6-15/h1,3,13H,2,4-8,12H2,(H2,11,14). The van der Waals surface area contributed by atoms with E-state index in [2.05, 4.69) is 15.2 Å². The summed E-state index contributed by atoms with van der Waals surface area (Å²) in [4.78, 5) is 6.54. The van der Waals surface area contributed by atoms with Gasteiger partial charge in [-0.1, -0.05) is 0 Å². The van der Waals surface area contributed by atoms with Crippen molar-refractivity contribution in [3.05, 3.63) is 12.3 Å². The number of hydrogen-bond donors (Lipinski definition) is 3. The molecule has 16 heavy (non-hydrogen) atoms. The molecular weight excluding hydrogens is 206 g/mol. The van der Waals surface area contributed by atoms with Crippen molar-refractivity contribution in [2.24, 2.45) is 16.5 Å². The normalized spacial score (nSPS) is 30.9. The number of amidine groups is 1. The highest BCUT2D eigenvalue weighted by atomic mass is 16.5. The average Bonchev–Trinajstić information content (AvgIpc) is 2.28. The van der Waals surface area contributed by atoms with E-state index in [4.69, 9.17) is 16.2 Å². The van der Waals surface area contributed by atoms with Crippen LogP contribution in [0.3, 0.4) is 0 Å². The first kappa shape index (κ1) is 11.4. The number of nitrogens with zero attached hydrogens (tertiary/aromatic N) is 2. The molecule has 5 N–H and O–H groups in total. The van der Waals surface area contributed by atoms with Gasteiger partial charge >= 0.3 is 0 Å². The Hall–Kier alpha value is -1.11. The van der Waals surface area contributed by atoms with E-state index in [-0.39, 0.29) is 0 Å². The van der Waals surface area contributed by atoms with E-state index < -0.39 is 5.79 Å². The van der Waals surface area contributed by atoms with Crippen LogP contribution in [0.2, 0.25) is 0 Å². The minimum atomic E-state index is -0.753. The van der Waals surface area contributed by atoms with E-state index in [0.717, 1.165) is 39.3 Å². The topological polar surface area (TPSA) is 88.9 Å². The first-order valence-corrected chi connectivity index (χ1v) is 5.56. The van der Waals surface area contributed by atoms with Gasteiger partial charge < -0.3 is 15.8 Å². The zero-order valence-corrected chi connectivity index (χ0v) is 9.35. The fourth-order valence-electron chi connectivity index (χ4n) is 1.85. The molecule has 0 spiro atoms. The van der Waals surface area contributed by atoms with E-state index >= 15 is 0 Å². The maximum atomic E-state index is 6.08. The molecular formula is C10H19N5O. The third kappa shape index (κ3) is 2.94. The largest absolute Gasteiger partial charge is 0.384 e. The molecule has 0 bridgehead atoms. The van der Waals surface area contributed by atoms with Gasteiger partial charge in [0.05, 0.1) is 13.2 Å². The van der Waals surface area contributed by atoms with E-state index in [9.17, 15) is 0 Å². The third-order valence-electron chi connectivity index (χ3n) is 2.83. The number of hydrogen-bond acceptors (Lipinski definition) is 6. The van der Waals surface area contributed by atoms with Crippen molar-refractivity contribution in [2.75, 3.05) is 32.8 Å². The number of ether oxygens (including phenoxy) is 1. The Morgan fingerprint density at radius 3 is 2.94 bits per heavy atom. The maximum absolute atomic E-state index is 6.08. The Bertz CT molecular complexity index is 298. The van der Waals surface area contributed by atoms with Crippen LogP contribution in [0.15, 0.2) is 17.3 Å². The van der Waals surface area contributed by atoms with Gasteiger partial charge in [0.1, 0.15) is 5.84 Å². The molecule has 2 rings (SSSR count). The quantitative estimate of drug-likeness (QED) is 0.561. The van der Waals surface area contributed by atoms with Crippen molar-refractivity contribution >= 4 is 5.84 Å². The molecule has 2 aliphatic heterocycles. The van der Waals surface area contributed by atoms with E-state index in [1.165, 1.54) is 0 Å². The number of aliphatic imine (C=N–C) groups is 1. The molecule has 0 aromatic rings. The molecule has 2 aliphatic rings. The monoisotopic (exact) mass is 225 g/mol. The molecule has 1 saturated heterocycles. The Morgan fingerprint density at radius 2 is 2.25 bits per heavy atom. The second kappa shape index (κ2) is 4.82. The van der Waals surface area contributed by atoms with Crippen molar-refractivity contribution in [3.8, 4) is 0 Å². The summed E-state index contributed by atoms with van der Waals surface area (Å²) in [5, 5.41) is 3.04. The number of nitrogens with one attached hydrogen (secondary N) is 1. The van der Waals surface area contributed by atoms with Crippen molar-refractivity contribution in [1.29, 1.82) is 0 Å². The third-order valence-corrected chi connectivity index (χ3v) is 2.83. The van der Waals surface area contributed by atoms with Gasteiger partial charge in [0.25, 0.3) is 0 Å². The van der Waals surface area contributed by atoms with Gasteiger partial charge in [0.15, 0.2) is 5.79 Å². The zero-order chi connectivity index (χ0) is 11.4. The molecule has 0 aliphatic carbocycles. The molecule has 1 atom stereocenters. The molecule has 0 aromatic carbocycles. The van der Waals surface area contributed by atoms with Crippen molar-refractivity contribution in [1.82, 2.24) is 10.2 Å². The molecule has 6 nitrogen and oxygen atoms in total. The van der Waals surface area contributed by atoms with Crippen LogP contribution >= 0.6 is 0 Å². The Balaban J connectivity index is 1.82. The molecule has 0 amide bonds. The SMILES string of the molecule is NC1=NC(N)(CCN2CCOCC2)NC=C1. The first-order chi connectivity index (χ1) is 7.68. The van der Waals surface area contributed by atoms with Gasteiger partial charge in [-0.25, -0.2) is 4.99 Å². The molecule has 1 unspecified atom stereocenters. The van der Waals surface area contributed by atoms with Gasteiger partial charge in [0.2, 0.25) is 0 Å². The summed E-state index contributed by atoms with van der Waals surface area (Å²) >= 11 is 0. The Morgan fingerprint density at radius 1 is 1.50 bits per heavy atom. The van der Waals surface area contributed by atoms with E-state index in [0.29, 0.717) is 5.84 Å². The lowest BCUT2D eigenvalue weighted by Gasteiger charge is -2.32. The summed E-state index contributed by atoms with van der Waals surface area (Å²) in [5.41, 5.74) is 11.7. The van der Waals surface area contributed by atoms with Crippen LogP contribution in [0.25, 0.3) is 0 Å². The minimum absolute atomic E-state index is 0.475. The van der Waals surface area contributed by atoms with E-state index in [1.807, 2.05) is 0 Å². The number of nitrogens with two attached hydrogens (primary N) is 2. The second-order valence-corrected chi connectivity index (χ2v) is 4.14. The average molecular weight is 225 g/mol. The van der Waals surface area contributed by atoms with Crippen LogP contribution in [0.1, 0.15) is 6.42 Å². The van der Waals surface area contributed by atoms with Crippen LogP contribution in [-0.4, -0.2) is 49.4 Å². The lowest BCUT2D eigenvalue weighted by Crippen LogP contribution is -2.54. The highest BCUT2D eigenvalue weighted by Crippen LogP contribution is 2.10. The number of morpholine rings is 1. The second-order valence-electron chi connectivity index (χ2n) is 4.14. The van der Waals surface area contributed by atoms with Crippen LogP contribution in [0.5, 0.6) is 0 Å². The molecule has 2 heterocycles. The van der Waals surface area contributed by atoms with Crippen molar-refractivity contribution in [3.63, 3.8) is 0 Å². The van der Waals surface area contributed by atoms with Gasteiger partial charge in [-0.15, -0.1) is 0 Å². The summed E-state index contributed by atoms with van der Waals surface area (Å²) in [6, 6.07) is 0. The molecule has 0 saturated carbocycles. The van der Waals surface area contributed by atoms with Crippen molar-refractivity contribution in [2.45, 2.75) is 12.2 Å². The summed E-state index contributed by atoms with van der Waals surface area (Å²) < 4.78 is 5.29. The summed E-state index contributed by atoms with van der Waals surface area (Å²) in [7, 11) is 0. The highest BCUT2D eigenvalue weighted by molar-refractivity contribution is 5.92. The smallest absolute Gasteiger partial charge is 0.185 e. The van der Waals surface area contributed by atoms with Crippen LogP contribution in [0.4, 0.5) is 0 Å². The van der Waals surface area contributed by atoms with Gasteiger partial charge in [-0.05, 0) is 6.08 Å². The van der Waals surface area contributed by atoms with Gasteiger partial charge in [-0.2, -0.15) is 0 Å². The van der Waals surface area contributed by atoms with Crippen LogP contribution < -0.4 is 16.8 Å². The predicted molar refractivity (Wildman–Crippen MR) is 62.7 cm³/mol.